The third-order valence-corrected chi connectivity index (χ3v) is 3.14. The second-order valence-corrected chi connectivity index (χ2v) is 4.80. The molecule has 0 saturated carbocycles. The van der Waals surface area contributed by atoms with Crippen LogP contribution in [0.4, 0.5) is 17.6 Å². The number of benzene rings is 2. The summed E-state index contributed by atoms with van der Waals surface area (Å²) in [7, 11) is 0. The largest absolute Gasteiger partial charge is 0.508 e. The average molecular weight is 340 g/mol. The van der Waals surface area contributed by atoms with E-state index in [0.29, 0.717) is 0 Å². The molecule has 0 spiro atoms. The van der Waals surface area contributed by atoms with Crippen LogP contribution in [-0.4, -0.2) is 5.11 Å². The van der Waals surface area contributed by atoms with Gasteiger partial charge >= 0.3 is 6.18 Å². The lowest BCUT2D eigenvalue weighted by atomic mass is 10.2. The predicted octanol–water partition coefficient (Wildman–Crippen LogP) is 4.45. The summed E-state index contributed by atoms with van der Waals surface area (Å²) in [4.78, 5) is 12.3. The van der Waals surface area contributed by atoms with Crippen molar-refractivity contribution in [2.45, 2.75) is 6.18 Å². The molecule has 0 aliphatic rings. The van der Waals surface area contributed by atoms with E-state index in [1.165, 1.54) is 12.1 Å². The molecule has 2 aromatic carbocycles. The summed E-state index contributed by atoms with van der Waals surface area (Å²) in [5.74, 6) is -4.74. The molecule has 4 nitrogen and oxygen atoms in total. The number of halogens is 4. The van der Waals surface area contributed by atoms with Gasteiger partial charge in [-0.1, -0.05) is 12.1 Å². The van der Waals surface area contributed by atoms with Crippen molar-refractivity contribution >= 4 is 11.0 Å². The standard InChI is InChI=1S/C16H8F4O4/c17-10-3-1-2-4-11(10)23-14-13(22)9-6-5-8(21)7-12(9)24-15(14)16(18,19)20/h1-7,21H. The first-order chi connectivity index (χ1) is 11.3. The molecule has 24 heavy (non-hydrogen) atoms. The molecule has 0 bridgehead atoms. The lowest BCUT2D eigenvalue weighted by Gasteiger charge is -2.13. The van der Waals surface area contributed by atoms with Crippen molar-refractivity contribution in [1.82, 2.24) is 0 Å². The molecule has 0 fully saturated rings. The van der Waals surface area contributed by atoms with Crippen LogP contribution in [0, 0.1) is 5.82 Å². The van der Waals surface area contributed by atoms with Gasteiger partial charge in [0.2, 0.25) is 11.2 Å². The van der Waals surface area contributed by atoms with Crippen LogP contribution in [0.15, 0.2) is 51.7 Å². The second kappa shape index (κ2) is 5.55. The first kappa shape index (κ1) is 15.9. The van der Waals surface area contributed by atoms with Crippen LogP contribution >= 0.6 is 0 Å². The molecule has 0 aliphatic carbocycles. The SMILES string of the molecule is O=c1c(Oc2ccccc2F)c(C(F)(F)F)oc2cc(O)ccc12. The fraction of sp³-hybridized carbons (Fsp3) is 0.0625. The quantitative estimate of drug-likeness (QED) is 0.700. The Morgan fingerprint density at radius 3 is 2.46 bits per heavy atom. The Hall–Kier alpha value is -3.03. The summed E-state index contributed by atoms with van der Waals surface area (Å²) in [5.41, 5.74) is -1.60. The number of phenolic OH excluding ortho intramolecular Hbond substituents is 1. The summed E-state index contributed by atoms with van der Waals surface area (Å²) in [6.07, 6.45) is -5.06. The monoisotopic (exact) mass is 340 g/mol. The van der Waals surface area contributed by atoms with Gasteiger partial charge in [-0.2, -0.15) is 13.2 Å². The molecule has 0 aliphatic heterocycles. The van der Waals surface area contributed by atoms with E-state index in [1.54, 1.807) is 0 Å². The Labute approximate surface area is 131 Å². The first-order valence-electron chi connectivity index (χ1n) is 6.57. The van der Waals surface area contributed by atoms with Gasteiger partial charge in [0.25, 0.3) is 5.76 Å². The maximum absolute atomic E-state index is 13.6. The van der Waals surface area contributed by atoms with Crippen LogP contribution < -0.4 is 10.2 Å². The summed E-state index contributed by atoms with van der Waals surface area (Å²) in [6, 6.07) is 7.78. The van der Waals surface area contributed by atoms with Gasteiger partial charge in [0.1, 0.15) is 11.3 Å². The van der Waals surface area contributed by atoms with E-state index in [1.807, 2.05) is 0 Å². The molecule has 1 N–H and O–H groups in total. The smallest absolute Gasteiger partial charge is 0.453 e. The van der Waals surface area contributed by atoms with Crippen molar-refractivity contribution in [2.75, 3.05) is 0 Å². The molecule has 8 heteroatoms. The van der Waals surface area contributed by atoms with E-state index in [-0.39, 0.29) is 11.1 Å². The van der Waals surface area contributed by atoms with Crippen LogP contribution in [0.2, 0.25) is 0 Å². The van der Waals surface area contributed by atoms with Crippen LogP contribution in [0.5, 0.6) is 17.2 Å². The lowest BCUT2D eigenvalue weighted by Crippen LogP contribution is -2.15. The molecule has 0 amide bonds. The fourth-order valence-corrected chi connectivity index (χ4v) is 2.08. The molecule has 1 aromatic heterocycles. The third kappa shape index (κ3) is 2.78. The Bertz CT molecular complexity index is 976. The van der Waals surface area contributed by atoms with Crippen LogP contribution in [0.25, 0.3) is 11.0 Å². The van der Waals surface area contributed by atoms with Gasteiger partial charge in [-0.05, 0) is 24.3 Å². The molecule has 0 radical (unpaired) electrons. The van der Waals surface area contributed by atoms with E-state index >= 15 is 0 Å². The van der Waals surface area contributed by atoms with Gasteiger partial charge in [0, 0.05) is 6.07 Å². The number of alkyl halides is 3. The number of rotatable bonds is 2. The van der Waals surface area contributed by atoms with Gasteiger partial charge < -0.3 is 14.3 Å². The van der Waals surface area contributed by atoms with Gasteiger partial charge in [-0.15, -0.1) is 0 Å². The van der Waals surface area contributed by atoms with Crippen LogP contribution in [-0.2, 0) is 6.18 Å². The minimum absolute atomic E-state index is 0.243. The topological polar surface area (TPSA) is 59.7 Å². The Morgan fingerprint density at radius 2 is 1.79 bits per heavy atom. The zero-order valence-corrected chi connectivity index (χ0v) is 11.7. The van der Waals surface area contributed by atoms with Gasteiger partial charge in [0.15, 0.2) is 11.6 Å². The van der Waals surface area contributed by atoms with Crippen molar-refractivity contribution in [3.05, 3.63) is 64.3 Å². The molecule has 0 saturated heterocycles. The number of fused-ring (bicyclic) bond motifs is 1. The zero-order valence-electron chi connectivity index (χ0n) is 11.7. The van der Waals surface area contributed by atoms with Crippen molar-refractivity contribution < 1.29 is 31.8 Å². The molecule has 0 atom stereocenters. The fourth-order valence-electron chi connectivity index (χ4n) is 2.08. The Morgan fingerprint density at radius 1 is 1.08 bits per heavy atom. The zero-order chi connectivity index (χ0) is 17.5. The molecular weight excluding hydrogens is 332 g/mol. The van der Waals surface area contributed by atoms with Crippen molar-refractivity contribution in [1.29, 1.82) is 0 Å². The highest BCUT2D eigenvalue weighted by molar-refractivity contribution is 5.79. The van der Waals surface area contributed by atoms with E-state index in [2.05, 4.69) is 0 Å². The molecule has 3 rings (SSSR count). The molecule has 3 aromatic rings. The van der Waals surface area contributed by atoms with Crippen molar-refractivity contribution in [3.63, 3.8) is 0 Å². The first-order valence-corrected chi connectivity index (χ1v) is 6.57. The van der Waals surface area contributed by atoms with Crippen LogP contribution in [0.1, 0.15) is 5.76 Å². The molecule has 124 valence electrons. The number of hydrogen-bond donors (Lipinski definition) is 1. The normalized spacial score (nSPS) is 11.7. The average Bonchev–Trinajstić information content (AvgIpc) is 2.50. The number of aromatic hydroxyl groups is 1. The van der Waals surface area contributed by atoms with Crippen LogP contribution in [0.3, 0.4) is 0 Å². The van der Waals surface area contributed by atoms with E-state index in [0.717, 1.165) is 30.3 Å². The van der Waals surface area contributed by atoms with Gasteiger partial charge in [-0.3, -0.25) is 4.79 Å². The summed E-state index contributed by atoms with van der Waals surface area (Å²) in [6.45, 7) is 0. The minimum atomic E-state index is -5.06. The number of phenols is 1. The maximum atomic E-state index is 13.6. The van der Waals surface area contributed by atoms with Crippen molar-refractivity contribution in [3.8, 4) is 17.2 Å². The Kier molecular flexibility index (Phi) is 3.67. The van der Waals surface area contributed by atoms with E-state index < -0.39 is 40.3 Å². The molecule has 1 heterocycles. The number of hydrogen-bond acceptors (Lipinski definition) is 4. The number of ether oxygens (including phenoxy) is 1. The second-order valence-electron chi connectivity index (χ2n) is 4.80. The molecular formula is C16H8F4O4. The maximum Gasteiger partial charge on any atom is 0.453 e. The molecule has 0 unspecified atom stereocenters. The summed E-state index contributed by atoms with van der Waals surface area (Å²) in [5, 5.41) is 9.09. The highest BCUT2D eigenvalue weighted by Crippen LogP contribution is 2.38. The highest BCUT2D eigenvalue weighted by Gasteiger charge is 2.40. The third-order valence-electron chi connectivity index (χ3n) is 3.14. The predicted molar refractivity (Wildman–Crippen MR) is 75.6 cm³/mol. The highest BCUT2D eigenvalue weighted by atomic mass is 19.4. The summed E-state index contributed by atoms with van der Waals surface area (Å²) < 4.78 is 62.8. The minimum Gasteiger partial charge on any atom is -0.508 e. The Balaban J connectivity index is 2.29. The van der Waals surface area contributed by atoms with Gasteiger partial charge in [-0.25, -0.2) is 4.39 Å². The summed E-state index contributed by atoms with van der Waals surface area (Å²) >= 11 is 0. The lowest BCUT2D eigenvalue weighted by molar-refractivity contribution is -0.154. The number of para-hydroxylation sites is 1. The van der Waals surface area contributed by atoms with Gasteiger partial charge in [0.05, 0.1) is 5.39 Å². The van der Waals surface area contributed by atoms with E-state index in [4.69, 9.17) is 9.15 Å². The van der Waals surface area contributed by atoms with Crippen molar-refractivity contribution in [2.24, 2.45) is 0 Å². The van der Waals surface area contributed by atoms with E-state index in [9.17, 15) is 27.5 Å².